The summed E-state index contributed by atoms with van der Waals surface area (Å²) in [6.45, 7) is 4.75. The number of amides is 3. The van der Waals surface area contributed by atoms with Gasteiger partial charge in [0.2, 0.25) is 0 Å². The molecule has 0 radical (unpaired) electrons. The van der Waals surface area contributed by atoms with Crippen LogP contribution < -0.4 is 5.32 Å². The maximum Gasteiger partial charge on any atom is 0.408 e. The molecule has 1 aliphatic heterocycles. The summed E-state index contributed by atoms with van der Waals surface area (Å²) in [5.41, 5.74) is 0.0837. The molecule has 3 amide bonds. The van der Waals surface area contributed by atoms with E-state index >= 15 is 4.39 Å². The van der Waals surface area contributed by atoms with Crippen molar-refractivity contribution in [3.63, 3.8) is 0 Å². The minimum atomic E-state index is -1.65. The lowest BCUT2D eigenvalue weighted by atomic mass is 10.0. The molecular formula is C22H23FN2O4. The molecule has 0 saturated carbocycles. The third-order valence-corrected chi connectivity index (χ3v) is 4.43. The smallest absolute Gasteiger partial charge is 0.408 e. The summed E-state index contributed by atoms with van der Waals surface area (Å²) >= 11 is 0. The van der Waals surface area contributed by atoms with Crippen LogP contribution in [0.2, 0.25) is 0 Å². The fourth-order valence-corrected chi connectivity index (χ4v) is 3.14. The van der Waals surface area contributed by atoms with Crippen LogP contribution in [0.3, 0.4) is 0 Å². The van der Waals surface area contributed by atoms with Crippen LogP contribution in [0.25, 0.3) is 0 Å². The van der Waals surface area contributed by atoms with Crippen molar-refractivity contribution in [2.75, 3.05) is 6.54 Å². The molecule has 3 rings (SSSR count). The number of alkyl carbamates (subject to hydrolysis) is 1. The number of alkyl halides is 1. The highest BCUT2D eigenvalue weighted by Gasteiger charge is 2.39. The molecule has 2 aromatic rings. The predicted molar refractivity (Wildman–Crippen MR) is 105 cm³/mol. The lowest BCUT2D eigenvalue weighted by molar-refractivity contribution is 0.0423. The van der Waals surface area contributed by atoms with Crippen LogP contribution in [0.5, 0.6) is 0 Å². The zero-order valence-corrected chi connectivity index (χ0v) is 16.5. The molecular weight excluding hydrogens is 375 g/mol. The molecule has 29 heavy (non-hydrogen) atoms. The van der Waals surface area contributed by atoms with Gasteiger partial charge in [-0.2, -0.15) is 0 Å². The molecule has 1 aliphatic rings. The molecule has 2 aromatic carbocycles. The van der Waals surface area contributed by atoms with Crippen molar-refractivity contribution in [2.45, 2.75) is 38.6 Å². The van der Waals surface area contributed by atoms with Gasteiger partial charge in [-0.15, -0.1) is 0 Å². The zero-order valence-electron chi connectivity index (χ0n) is 16.5. The number of hydrogen-bond acceptors (Lipinski definition) is 4. The molecule has 0 aromatic heterocycles. The van der Waals surface area contributed by atoms with E-state index in [1.165, 1.54) is 0 Å². The minimum absolute atomic E-state index is 0.267. The standard InChI is InChI=1S/C22H23FN2O4/c1-22(2,3)29-21(28)24-17(18(23)14-9-5-4-6-10-14)13-25-19(26)15-11-7-8-12-16(15)20(25)27/h4-12,17-18H,13H2,1-3H3,(H,24,28)/t17-,18-/m1/s1. The molecule has 0 spiro atoms. The van der Waals surface area contributed by atoms with Crippen molar-refractivity contribution in [3.8, 4) is 0 Å². The fraction of sp³-hybridized carbons (Fsp3) is 0.318. The monoisotopic (exact) mass is 398 g/mol. The molecule has 0 saturated heterocycles. The number of carbonyl (C=O) groups excluding carboxylic acids is 3. The van der Waals surface area contributed by atoms with Crippen LogP contribution in [0.15, 0.2) is 54.6 Å². The maximum absolute atomic E-state index is 15.3. The average Bonchev–Trinajstić information content (AvgIpc) is 2.91. The number of nitrogens with zero attached hydrogens (tertiary/aromatic N) is 1. The summed E-state index contributed by atoms with van der Waals surface area (Å²) in [4.78, 5) is 38.5. The summed E-state index contributed by atoms with van der Waals surface area (Å²) in [5, 5.41) is 2.48. The van der Waals surface area contributed by atoms with Gasteiger partial charge in [0, 0.05) is 0 Å². The number of carbonyl (C=O) groups is 3. The zero-order chi connectivity index (χ0) is 21.2. The van der Waals surface area contributed by atoms with Gasteiger partial charge in [0.1, 0.15) is 11.8 Å². The first-order valence-corrected chi connectivity index (χ1v) is 9.31. The van der Waals surface area contributed by atoms with E-state index in [0.29, 0.717) is 5.56 Å². The van der Waals surface area contributed by atoms with Gasteiger partial charge in [0.15, 0.2) is 0 Å². The Hall–Kier alpha value is -3.22. The van der Waals surface area contributed by atoms with Gasteiger partial charge in [-0.1, -0.05) is 42.5 Å². The second kappa shape index (κ2) is 8.03. The third kappa shape index (κ3) is 4.62. The van der Waals surface area contributed by atoms with Gasteiger partial charge in [-0.05, 0) is 38.5 Å². The number of halogens is 1. The Bertz CT molecular complexity index is 889. The van der Waals surface area contributed by atoms with Crippen LogP contribution >= 0.6 is 0 Å². The van der Waals surface area contributed by atoms with E-state index in [2.05, 4.69) is 5.32 Å². The number of ether oxygens (including phenoxy) is 1. The second-order valence-electron chi connectivity index (χ2n) is 7.83. The molecule has 6 nitrogen and oxygen atoms in total. The normalized spacial score (nSPS) is 15.7. The van der Waals surface area contributed by atoms with E-state index in [0.717, 1.165) is 4.90 Å². The van der Waals surface area contributed by atoms with Crippen LogP contribution in [-0.2, 0) is 4.74 Å². The van der Waals surface area contributed by atoms with Crippen molar-refractivity contribution in [3.05, 3.63) is 71.3 Å². The van der Waals surface area contributed by atoms with E-state index in [1.807, 2.05) is 0 Å². The average molecular weight is 398 g/mol. The first-order chi connectivity index (χ1) is 13.7. The SMILES string of the molecule is CC(C)(C)OC(=O)N[C@H](CN1C(=O)c2ccccc2C1=O)[C@H](F)c1ccccc1. The Morgan fingerprint density at radius 1 is 1.00 bits per heavy atom. The molecule has 2 atom stereocenters. The van der Waals surface area contributed by atoms with Crippen molar-refractivity contribution >= 4 is 17.9 Å². The van der Waals surface area contributed by atoms with Gasteiger partial charge in [0.25, 0.3) is 11.8 Å². The molecule has 152 valence electrons. The Morgan fingerprint density at radius 3 is 2.03 bits per heavy atom. The fourth-order valence-electron chi connectivity index (χ4n) is 3.14. The Morgan fingerprint density at radius 2 is 1.52 bits per heavy atom. The van der Waals surface area contributed by atoms with Gasteiger partial charge in [-0.3, -0.25) is 14.5 Å². The van der Waals surface area contributed by atoms with Gasteiger partial charge in [-0.25, -0.2) is 9.18 Å². The summed E-state index contributed by atoms with van der Waals surface area (Å²) in [6, 6.07) is 13.5. The van der Waals surface area contributed by atoms with Gasteiger partial charge < -0.3 is 10.1 Å². The quantitative estimate of drug-likeness (QED) is 0.776. The van der Waals surface area contributed by atoms with E-state index in [-0.39, 0.29) is 17.7 Å². The highest BCUT2D eigenvalue weighted by atomic mass is 19.1. The van der Waals surface area contributed by atoms with E-state index in [9.17, 15) is 14.4 Å². The third-order valence-electron chi connectivity index (χ3n) is 4.43. The van der Waals surface area contributed by atoms with E-state index in [4.69, 9.17) is 4.74 Å². The van der Waals surface area contributed by atoms with Crippen molar-refractivity contribution in [1.29, 1.82) is 0 Å². The largest absolute Gasteiger partial charge is 0.444 e. The Kier molecular flexibility index (Phi) is 5.68. The lowest BCUT2D eigenvalue weighted by Gasteiger charge is -2.28. The first kappa shape index (κ1) is 20.5. The molecule has 0 aliphatic carbocycles. The minimum Gasteiger partial charge on any atom is -0.444 e. The number of rotatable bonds is 5. The molecule has 7 heteroatoms. The predicted octanol–water partition coefficient (Wildman–Crippen LogP) is 3.89. The molecule has 0 unspecified atom stereocenters. The first-order valence-electron chi connectivity index (χ1n) is 9.31. The van der Waals surface area contributed by atoms with E-state index in [1.54, 1.807) is 75.4 Å². The van der Waals surface area contributed by atoms with Crippen LogP contribution in [0, 0.1) is 0 Å². The van der Waals surface area contributed by atoms with Gasteiger partial charge >= 0.3 is 6.09 Å². The Balaban J connectivity index is 1.84. The van der Waals surface area contributed by atoms with Gasteiger partial charge in [0.05, 0.1) is 23.7 Å². The van der Waals surface area contributed by atoms with Crippen molar-refractivity contribution < 1.29 is 23.5 Å². The summed E-state index contributed by atoms with van der Waals surface area (Å²) < 4.78 is 20.5. The number of hydrogen-bond donors (Lipinski definition) is 1. The summed E-state index contributed by atoms with van der Waals surface area (Å²) in [7, 11) is 0. The van der Waals surface area contributed by atoms with Crippen LogP contribution in [-0.4, -0.2) is 41.0 Å². The highest BCUT2D eigenvalue weighted by Crippen LogP contribution is 2.27. The van der Waals surface area contributed by atoms with Crippen LogP contribution in [0.1, 0.15) is 53.2 Å². The molecule has 1 heterocycles. The van der Waals surface area contributed by atoms with Crippen molar-refractivity contribution in [1.82, 2.24) is 10.2 Å². The molecule has 0 bridgehead atoms. The van der Waals surface area contributed by atoms with Crippen LogP contribution in [0.4, 0.5) is 9.18 Å². The number of nitrogens with one attached hydrogen (secondary N) is 1. The Labute approximate surface area is 168 Å². The second-order valence-corrected chi connectivity index (χ2v) is 7.83. The van der Waals surface area contributed by atoms with Crippen molar-refractivity contribution in [2.24, 2.45) is 0 Å². The number of fused-ring (bicyclic) bond motifs is 1. The topological polar surface area (TPSA) is 75.7 Å². The van der Waals surface area contributed by atoms with E-state index < -0.39 is 35.7 Å². The summed E-state index contributed by atoms with van der Waals surface area (Å²) in [6.07, 6.45) is -2.47. The number of benzene rings is 2. The highest BCUT2D eigenvalue weighted by molar-refractivity contribution is 6.21. The summed E-state index contributed by atoms with van der Waals surface area (Å²) in [5.74, 6) is -1.02. The molecule has 0 fully saturated rings. The number of imide groups is 1. The lowest BCUT2D eigenvalue weighted by Crippen LogP contribution is -2.49. The maximum atomic E-state index is 15.3. The molecule has 1 N–H and O–H groups in total.